The van der Waals surface area contributed by atoms with Crippen LogP contribution in [0.15, 0.2) is 60.7 Å². The molecule has 2 aromatic rings. The highest BCUT2D eigenvalue weighted by atomic mass is 19.1. The standard InChI is InChI=1S/C33H41F2N5O6/c1-20(2)29(32(44)46-3)40-33(45)39-27(19-22-9-7-11-24(35)17-22)31(43)38-26-12-4-5-15-36-28(41)14-13-25(37-30(26)42)18-21-8-6-10-23(34)16-21/h6-11,13-14,16-17,20,25-27,29H,4-5,12,15,18-19H2,1-3H3,(H,36,41)(H,37,42)(H,38,43)(H2,39,40,45)/b14-13+/t25-,26+,27+,29+/m1/s1. The molecular weight excluding hydrogens is 600 g/mol. The maximum absolute atomic E-state index is 14.0. The Kier molecular flexibility index (Phi) is 13.7. The summed E-state index contributed by atoms with van der Waals surface area (Å²) in [7, 11) is 1.19. The molecule has 0 unspecified atom stereocenters. The van der Waals surface area contributed by atoms with E-state index in [1.165, 1.54) is 55.7 Å². The van der Waals surface area contributed by atoms with Gasteiger partial charge in [0, 0.05) is 19.0 Å². The molecule has 4 atom stereocenters. The van der Waals surface area contributed by atoms with Crippen LogP contribution in [0, 0.1) is 17.6 Å². The molecule has 0 saturated carbocycles. The molecule has 1 aliphatic heterocycles. The summed E-state index contributed by atoms with van der Waals surface area (Å²) >= 11 is 0. The maximum atomic E-state index is 14.0. The van der Waals surface area contributed by atoms with E-state index in [1.807, 2.05) is 0 Å². The molecule has 0 spiro atoms. The lowest BCUT2D eigenvalue weighted by Crippen LogP contribution is -2.58. The second-order valence-electron chi connectivity index (χ2n) is 11.4. The summed E-state index contributed by atoms with van der Waals surface area (Å²) in [6.07, 6.45) is 4.07. The molecule has 0 saturated heterocycles. The molecule has 13 heteroatoms. The first-order valence-electron chi connectivity index (χ1n) is 15.2. The number of esters is 1. The minimum atomic E-state index is -1.26. The van der Waals surface area contributed by atoms with Crippen molar-refractivity contribution in [3.8, 4) is 0 Å². The Morgan fingerprint density at radius 2 is 1.65 bits per heavy atom. The van der Waals surface area contributed by atoms with Gasteiger partial charge in [-0.15, -0.1) is 0 Å². The third-order valence-electron chi connectivity index (χ3n) is 7.36. The SMILES string of the molecule is COC(=O)[C@@H](NC(=O)N[C@@H](Cc1cccc(F)c1)C(=O)N[C@H]1CCCCNC(=O)/C=C/[C@H](Cc2cccc(F)c2)NC1=O)C(C)C. The smallest absolute Gasteiger partial charge is 0.328 e. The Morgan fingerprint density at radius 1 is 0.978 bits per heavy atom. The fourth-order valence-electron chi connectivity index (χ4n) is 4.93. The lowest BCUT2D eigenvalue weighted by Gasteiger charge is -2.26. The van der Waals surface area contributed by atoms with Crippen molar-refractivity contribution in [2.45, 2.75) is 70.1 Å². The van der Waals surface area contributed by atoms with Crippen LogP contribution in [0.4, 0.5) is 13.6 Å². The zero-order chi connectivity index (χ0) is 33.6. The first kappa shape index (κ1) is 35.7. The Labute approximate surface area is 266 Å². The first-order valence-corrected chi connectivity index (χ1v) is 15.2. The summed E-state index contributed by atoms with van der Waals surface area (Å²) in [5, 5.41) is 13.4. The van der Waals surface area contributed by atoms with Gasteiger partial charge in [0.25, 0.3) is 0 Å². The molecule has 0 fully saturated rings. The number of nitrogens with one attached hydrogen (secondary N) is 5. The molecule has 0 radical (unpaired) electrons. The van der Waals surface area contributed by atoms with E-state index < -0.39 is 59.6 Å². The van der Waals surface area contributed by atoms with Crippen LogP contribution in [0.25, 0.3) is 0 Å². The monoisotopic (exact) mass is 641 g/mol. The average molecular weight is 642 g/mol. The Bertz CT molecular complexity index is 1420. The number of urea groups is 1. The van der Waals surface area contributed by atoms with Gasteiger partial charge in [-0.05, 0) is 67.0 Å². The lowest BCUT2D eigenvalue weighted by molar-refractivity contribution is -0.144. The predicted molar refractivity (Wildman–Crippen MR) is 166 cm³/mol. The molecule has 5 amide bonds. The molecule has 3 rings (SSSR count). The van der Waals surface area contributed by atoms with Crippen LogP contribution in [-0.2, 0) is 36.8 Å². The summed E-state index contributed by atoms with van der Waals surface area (Å²) < 4.78 is 32.6. The number of hydrogen-bond acceptors (Lipinski definition) is 6. The van der Waals surface area contributed by atoms with Crippen molar-refractivity contribution in [2.24, 2.45) is 5.92 Å². The van der Waals surface area contributed by atoms with E-state index in [2.05, 4.69) is 26.6 Å². The van der Waals surface area contributed by atoms with Gasteiger partial charge in [0.2, 0.25) is 17.7 Å². The number of rotatable bonds is 10. The third kappa shape index (κ3) is 11.6. The van der Waals surface area contributed by atoms with Crippen LogP contribution in [0.2, 0.25) is 0 Å². The molecule has 0 bridgehead atoms. The molecule has 0 aromatic heterocycles. The van der Waals surface area contributed by atoms with Crippen molar-refractivity contribution in [1.82, 2.24) is 26.6 Å². The van der Waals surface area contributed by atoms with E-state index in [1.54, 1.807) is 26.0 Å². The van der Waals surface area contributed by atoms with Crippen LogP contribution in [0.3, 0.4) is 0 Å². The maximum Gasteiger partial charge on any atom is 0.328 e. The van der Waals surface area contributed by atoms with Crippen molar-refractivity contribution < 1.29 is 37.5 Å². The molecule has 0 aliphatic carbocycles. The molecule has 2 aromatic carbocycles. The second-order valence-corrected chi connectivity index (χ2v) is 11.4. The van der Waals surface area contributed by atoms with Crippen LogP contribution in [0.1, 0.15) is 44.2 Å². The van der Waals surface area contributed by atoms with E-state index in [-0.39, 0.29) is 31.1 Å². The lowest BCUT2D eigenvalue weighted by atomic mass is 10.0. The average Bonchev–Trinajstić information content (AvgIpc) is 3.00. The van der Waals surface area contributed by atoms with E-state index in [9.17, 15) is 32.8 Å². The van der Waals surface area contributed by atoms with Crippen molar-refractivity contribution in [3.63, 3.8) is 0 Å². The number of amides is 5. The van der Waals surface area contributed by atoms with Gasteiger partial charge >= 0.3 is 12.0 Å². The summed E-state index contributed by atoms with van der Waals surface area (Å²) in [4.78, 5) is 64.7. The normalized spacial score (nSPS) is 19.3. The van der Waals surface area contributed by atoms with Crippen LogP contribution in [-0.4, -0.2) is 67.5 Å². The largest absolute Gasteiger partial charge is 0.467 e. The highest BCUT2D eigenvalue weighted by Gasteiger charge is 2.30. The fourth-order valence-corrected chi connectivity index (χ4v) is 4.93. The Hall–Kier alpha value is -4.81. The minimum absolute atomic E-state index is 0.118. The van der Waals surface area contributed by atoms with Crippen LogP contribution >= 0.6 is 0 Å². The number of ether oxygens (including phenoxy) is 1. The van der Waals surface area contributed by atoms with Crippen LogP contribution in [0.5, 0.6) is 0 Å². The van der Waals surface area contributed by atoms with Crippen molar-refractivity contribution in [1.29, 1.82) is 0 Å². The van der Waals surface area contributed by atoms with Gasteiger partial charge in [0.05, 0.1) is 13.2 Å². The van der Waals surface area contributed by atoms with Gasteiger partial charge < -0.3 is 31.3 Å². The van der Waals surface area contributed by atoms with Crippen molar-refractivity contribution >= 4 is 29.7 Å². The third-order valence-corrected chi connectivity index (χ3v) is 7.36. The van der Waals surface area contributed by atoms with Gasteiger partial charge in [0.15, 0.2) is 0 Å². The molecular formula is C33H41F2N5O6. The topological polar surface area (TPSA) is 155 Å². The molecule has 1 heterocycles. The van der Waals surface area contributed by atoms with Gasteiger partial charge in [0.1, 0.15) is 29.8 Å². The van der Waals surface area contributed by atoms with E-state index in [4.69, 9.17) is 4.74 Å². The van der Waals surface area contributed by atoms with E-state index in [0.717, 1.165) is 0 Å². The van der Waals surface area contributed by atoms with E-state index in [0.29, 0.717) is 30.5 Å². The fraction of sp³-hybridized carbons (Fsp3) is 0.424. The number of benzene rings is 2. The molecule has 5 N–H and O–H groups in total. The summed E-state index contributed by atoms with van der Waals surface area (Å²) in [6, 6.07) is 6.55. The Morgan fingerprint density at radius 3 is 2.30 bits per heavy atom. The van der Waals surface area contributed by atoms with Crippen LogP contribution < -0.4 is 26.6 Å². The number of hydrogen-bond donors (Lipinski definition) is 5. The summed E-state index contributed by atoms with van der Waals surface area (Å²) in [5.41, 5.74) is 0.994. The van der Waals surface area contributed by atoms with Crippen molar-refractivity contribution in [3.05, 3.63) is 83.4 Å². The highest BCUT2D eigenvalue weighted by molar-refractivity contribution is 5.93. The van der Waals surface area contributed by atoms with Gasteiger partial charge in [-0.25, -0.2) is 18.4 Å². The van der Waals surface area contributed by atoms with Gasteiger partial charge in [-0.3, -0.25) is 14.4 Å². The quantitative estimate of drug-likeness (QED) is 0.251. The molecule has 46 heavy (non-hydrogen) atoms. The van der Waals surface area contributed by atoms with Crippen molar-refractivity contribution in [2.75, 3.05) is 13.7 Å². The zero-order valence-electron chi connectivity index (χ0n) is 26.1. The summed E-state index contributed by atoms with van der Waals surface area (Å²) in [5.74, 6) is -3.56. The van der Waals surface area contributed by atoms with Gasteiger partial charge in [-0.2, -0.15) is 0 Å². The number of carbonyl (C=O) groups is 5. The summed E-state index contributed by atoms with van der Waals surface area (Å²) in [6.45, 7) is 3.77. The number of methoxy groups -OCH3 is 1. The first-order chi connectivity index (χ1) is 21.9. The molecule has 11 nitrogen and oxygen atoms in total. The predicted octanol–water partition coefficient (Wildman–Crippen LogP) is 2.44. The number of halogens is 2. The number of carbonyl (C=O) groups excluding carboxylic acids is 5. The highest BCUT2D eigenvalue weighted by Crippen LogP contribution is 2.12. The van der Waals surface area contributed by atoms with Gasteiger partial charge in [-0.1, -0.05) is 44.2 Å². The Balaban J connectivity index is 1.83. The second kappa shape index (κ2) is 17.6. The molecule has 1 aliphatic rings. The molecule has 248 valence electrons. The van der Waals surface area contributed by atoms with E-state index >= 15 is 0 Å². The minimum Gasteiger partial charge on any atom is -0.467 e. The zero-order valence-corrected chi connectivity index (χ0v) is 26.1.